The van der Waals surface area contributed by atoms with Crippen LogP contribution in [-0.4, -0.2) is 182 Å². The lowest BCUT2D eigenvalue weighted by Gasteiger charge is -2.35. The average molecular weight is 1640 g/mol. The van der Waals surface area contributed by atoms with E-state index in [2.05, 4.69) is 70.5 Å². The molecule has 24 nitrogen and oxygen atoms in total. The Bertz CT molecular complexity index is 4000. The molecule has 5 aliphatic heterocycles. The number of carbonyl (C=O) groups is 9. The van der Waals surface area contributed by atoms with Crippen molar-refractivity contribution in [2.45, 2.75) is 213 Å². The Hall–Kier alpha value is -7.69. The smallest absolute Gasteiger partial charge is 0.347 e. The average Bonchev–Trinajstić information content (AvgIpc) is 1.63. The number of epoxide rings is 2. The monoisotopic (exact) mass is 1640 g/mol. The molecule has 0 aromatic heterocycles. The Balaban J connectivity index is 0.000000293. The topological polar surface area (TPSA) is 309 Å². The molecule has 618 valence electrons. The largest absolute Gasteiger partial charge is 0.495 e. The number of halogens is 2. The van der Waals surface area contributed by atoms with Crippen molar-refractivity contribution in [1.29, 1.82) is 0 Å². The van der Waals surface area contributed by atoms with Gasteiger partial charge in [0, 0.05) is 94.5 Å². The number of amides is 5. The molecule has 5 heterocycles. The molecule has 9 rings (SSSR count). The number of methoxy groups -OCH3 is 2. The first-order chi connectivity index (χ1) is 53.5. The molecule has 0 aliphatic carbocycles. The highest BCUT2D eigenvalue weighted by Gasteiger charge is 2.50. The Morgan fingerprint density at radius 2 is 1.00 bits per heavy atom. The molecule has 5 N–H and O–H groups in total. The summed E-state index contributed by atoms with van der Waals surface area (Å²) in [6.07, 6.45) is 5.58. The van der Waals surface area contributed by atoms with E-state index in [1.54, 1.807) is 87.0 Å². The number of hydrogen-bond donors (Lipinski definition) is 5. The summed E-state index contributed by atoms with van der Waals surface area (Å²) in [4.78, 5) is 126. The van der Waals surface area contributed by atoms with E-state index in [0.29, 0.717) is 39.1 Å². The Labute approximate surface area is 683 Å². The third kappa shape index (κ3) is 27.2. The number of rotatable bonds is 24. The van der Waals surface area contributed by atoms with Crippen molar-refractivity contribution in [3.63, 3.8) is 0 Å². The molecule has 4 aromatic carbocycles. The van der Waals surface area contributed by atoms with Crippen LogP contribution in [0.2, 0.25) is 10.0 Å². The number of nitrogens with zero attached hydrogens (tertiary/aromatic N) is 2. The number of piperazine rings is 1. The van der Waals surface area contributed by atoms with E-state index in [0.717, 1.165) is 55.8 Å². The first kappa shape index (κ1) is 90.8. The second-order valence-corrected chi connectivity index (χ2v) is 36.4. The quantitative estimate of drug-likeness (QED) is 0.0188. The lowest BCUT2D eigenvalue weighted by molar-refractivity contribution is -0.179. The highest BCUT2D eigenvalue weighted by Crippen LogP contribution is 2.47. The summed E-state index contributed by atoms with van der Waals surface area (Å²) in [5.74, 6) is -4.18. The van der Waals surface area contributed by atoms with Crippen LogP contribution in [0.25, 0.3) is 0 Å². The van der Waals surface area contributed by atoms with E-state index < -0.39 is 94.8 Å². The van der Waals surface area contributed by atoms with Gasteiger partial charge in [-0.25, -0.2) is 9.59 Å². The summed E-state index contributed by atoms with van der Waals surface area (Å²) in [5, 5.41) is 21.2. The van der Waals surface area contributed by atoms with E-state index in [-0.39, 0.29) is 117 Å². The minimum absolute atomic E-state index is 0.00322. The first-order valence-corrected chi connectivity index (χ1v) is 42.1. The maximum absolute atomic E-state index is 13.9. The van der Waals surface area contributed by atoms with Crippen LogP contribution < -0.4 is 30.7 Å². The summed E-state index contributed by atoms with van der Waals surface area (Å²) in [5.41, 5.74) is 2.82. The van der Waals surface area contributed by atoms with Crippen molar-refractivity contribution >= 4 is 98.2 Å². The second kappa shape index (κ2) is 41.7. The van der Waals surface area contributed by atoms with Crippen LogP contribution in [0.1, 0.15) is 167 Å². The van der Waals surface area contributed by atoms with Crippen LogP contribution >= 0.6 is 44.8 Å². The fourth-order valence-corrected chi connectivity index (χ4v) is 16.3. The molecule has 0 saturated carbocycles. The third-order valence-electron chi connectivity index (χ3n) is 20.7. The van der Waals surface area contributed by atoms with Crippen LogP contribution in [0, 0.1) is 34.5 Å². The fourth-order valence-electron chi connectivity index (χ4n) is 13.5. The second-order valence-electron chi connectivity index (χ2n) is 32.5. The van der Waals surface area contributed by atoms with Gasteiger partial charge in [0.25, 0.3) is 0 Å². The molecule has 3 fully saturated rings. The van der Waals surface area contributed by atoms with Gasteiger partial charge in [-0.1, -0.05) is 159 Å². The van der Waals surface area contributed by atoms with Crippen molar-refractivity contribution in [3.8, 4) is 11.5 Å². The number of aliphatic hydroxyl groups excluding tert-OH is 1. The Morgan fingerprint density at radius 3 is 1.38 bits per heavy atom. The van der Waals surface area contributed by atoms with Crippen molar-refractivity contribution in [1.82, 2.24) is 31.1 Å². The van der Waals surface area contributed by atoms with E-state index in [4.69, 9.17) is 61.1 Å². The molecule has 4 aromatic rings. The maximum atomic E-state index is 13.9. The van der Waals surface area contributed by atoms with E-state index in [9.17, 15) is 48.3 Å². The fraction of sp³-hybridized carbons (Fsp3) is 0.565. The SMILES string of the molecule is COc1ccc(C[C@H]2NC(=O)/C=C/C[C@@H]([C@H](C)[C@H]3O[C@@H]3c3ccc(CN4CCN(C(=O)CCC(C)(C)SSC)CC4)cc3)OC(=O)[C@H](CC(C)C)OC(=O)C(C)(C)CNC2=O)cc1Cl.COc1ccc(C[C@H]2NC(=O)/C=C/C[C@@H]([C@H](C)[C@H]3O[C@@H]3c3ccc(CO)cc3)OC(=O)[C@H](CC(C)C)OC(=O)C(C)(C)CNC2=O)cc1Cl. The number of esters is 4. The predicted octanol–water partition coefficient (Wildman–Crippen LogP) is 12.0. The molecule has 0 spiro atoms. The predicted molar refractivity (Wildman–Crippen MR) is 435 cm³/mol. The summed E-state index contributed by atoms with van der Waals surface area (Å²) in [6, 6.07) is 24.0. The number of aliphatic hydroxyl groups is 1. The van der Waals surface area contributed by atoms with Gasteiger partial charge in [0.2, 0.25) is 29.5 Å². The van der Waals surface area contributed by atoms with Crippen molar-refractivity contribution in [2.75, 3.05) is 59.7 Å². The van der Waals surface area contributed by atoms with Gasteiger partial charge in [0.05, 0.1) is 53.9 Å². The molecule has 0 bridgehead atoms. The molecule has 3 saturated heterocycles. The van der Waals surface area contributed by atoms with Gasteiger partial charge >= 0.3 is 23.9 Å². The van der Waals surface area contributed by atoms with Crippen LogP contribution in [0.4, 0.5) is 0 Å². The van der Waals surface area contributed by atoms with Gasteiger partial charge in [-0.05, 0) is 149 Å². The van der Waals surface area contributed by atoms with E-state index in [1.165, 1.54) is 31.9 Å². The standard InChI is InChI=1S/C48H67ClN4O9S2.C37H47ClN2O9/c1-30(2)25-39-45(57)60-37(11-10-12-40(54)51-36(27-33-15-18-38(59-8)35(49)26-33)44(56)50-29-47(4,5)46(58)61-39)31(3)42-43(62-42)34-16-13-32(14-17-34)28-52-21-23-53(24-22-52)41(55)19-20-48(6,7)64-63-9;1-21(2)16-30-35(44)47-28(22(3)32-33(49-32)25-13-10-23(19-41)11-14-25)8-7-9-31(42)40-27(18-24-12-15-29(46-6)26(38)17-24)34(43)39-20-37(4,5)36(45)48-30/h10,12-18,26,30-31,36-37,39,42-43H,11,19-25,27-29H2,1-9H3,(H,50,56)(H,51,54);7,9-15,17,21-22,27-28,30,32-33,41H,8,16,18-20H2,1-6H3,(H,39,43)(H,40,42)/b12-10+;9-7+/t31-,36+,37-,39-,42+,43+;22-,27+,28-,30-,32+,33+/m00/s1. The van der Waals surface area contributed by atoms with E-state index in [1.807, 2.05) is 81.5 Å². The number of hydrogen-bond acceptors (Lipinski definition) is 21. The van der Waals surface area contributed by atoms with Crippen molar-refractivity contribution in [3.05, 3.63) is 153 Å². The minimum atomic E-state index is -1.23. The molecule has 12 atom stereocenters. The molecular weight excluding hydrogens is 1530 g/mol. The molecular formula is C85H114Cl2N6O18S2. The van der Waals surface area contributed by atoms with Crippen LogP contribution in [0.5, 0.6) is 11.5 Å². The van der Waals surface area contributed by atoms with Crippen molar-refractivity contribution < 1.29 is 86.2 Å². The number of nitrogens with one attached hydrogen (secondary N) is 4. The summed E-state index contributed by atoms with van der Waals surface area (Å²) in [7, 11) is 6.57. The zero-order valence-electron chi connectivity index (χ0n) is 67.6. The molecule has 0 unspecified atom stereocenters. The van der Waals surface area contributed by atoms with Crippen LogP contribution in [0.3, 0.4) is 0 Å². The summed E-state index contributed by atoms with van der Waals surface area (Å²) >= 11 is 12.7. The van der Waals surface area contributed by atoms with Crippen molar-refractivity contribution in [2.24, 2.45) is 34.5 Å². The van der Waals surface area contributed by atoms with Gasteiger partial charge in [0.1, 0.15) is 48.0 Å². The zero-order valence-corrected chi connectivity index (χ0v) is 70.8. The van der Waals surface area contributed by atoms with Gasteiger partial charge < -0.3 is 69.2 Å². The lowest BCUT2D eigenvalue weighted by atomic mass is 9.92. The minimum Gasteiger partial charge on any atom is -0.495 e. The highest BCUT2D eigenvalue weighted by molar-refractivity contribution is 8.76. The summed E-state index contributed by atoms with van der Waals surface area (Å²) in [6.45, 7) is 26.0. The molecule has 0 radical (unpaired) electrons. The lowest BCUT2D eigenvalue weighted by Crippen LogP contribution is -2.51. The Morgan fingerprint density at radius 1 is 0.593 bits per heavy atom. The van der Waals surface area contributed by atoms with Crippen LogP contribution in [0.15, 0.2) is 109 Å². The third-order valence-corrected chi connectivity index (χ3v) is 24.0. The number of benzene rings is 4. The van der Waals surface area contributed by atoms with Gasteiger partial charge in [-0.15, -0.1) is 0 Å². The molecule has 5 amide bonds. The maximum Gasteiger partial charge on any atom is 0.347 e. The Kier molecular flexibility index (Phi) is 33.6. The normalized spacial score (nSPS) is 25.4. The summed E-state index contributed by atoms with van der Waals surface area (Å²) < 4.78 is 46.7. The van der Waals surface area contributed by atoms with Gasteiger partial charge in [-0.3, -0.25) is 38.5 Å². The molecule has 113 heavy (non-hydrogen) atoms. The first-order valence-electron chi connectivity index (χ1n) is 38.8. The molecule has 28 heteroatoms. The number of cyclic esters (lactones) is 4. The zero-order chi connectivity index (χ0) is 82.6. The molecule has 5 aliphatic rings. The van der Waals surface area contributed by atoms with Gasteiger partial charge in [0.15, 0.2) is 12.2 Å². The van der Waals surface area contributed by atoms with Gasteiger partial charge in [-0.2, -0.15) is 0 Å². The van der Waals surface area contributed by atoms with Crippen LogP contribution in [-0.2, 0) is 97.6 Å². The number of ether oxygens (including phenoxy) is 8. The van der Waals surface area contributed by atoms with E-state index >= 15 is 0 Å². The highest BCUT2D eigenvalue weighted by atomic mass is 35.5. The number of carbonyl (C=O) groups excluding carboxylic acids is 9.